The number of allylic oxidation sites excluding steroid dienone is 2. The Hall–Kier alpha value is -3.87. The molecule has 37 heteroatoms. The van der Waals surface area contributed by atoms with Crippen molar-refractivity contribution in [2.24, 2.45) is 45.0 Å². The number of nitrogens with two attached hydrogens (primary N) is 4. The van der Waals surface area contributed by atoms with Crippen LogP contribution in [0.15, 0.2) is 139 Å². The van der Waals surface area contributed by atoms with E-state index in [-0.39, 0.29) is 35.0 Å². The van der Waals surface area contributed by atoms with Crippen molar-refractivity contribution in [2.45, 2.75) is 154 Å². The molecule has 0 radical (unpaired) electrons. The molecule has 4 saturated heterocycles. The molecule has 0 amide bonds. The minimum atomic E-state index is -1.21. The number of rotatable bonds is 24. The Balaban J connectivity index is 0.000000222. The van der Waals surface area contributed by atoms with Crippen LogP contribution < -0.4 is 22.9 Å². The van der Waals surface area contributed by atoms with E-state index >= 15 is 0 Å². The van der Waals surface area contributed by atoms with Crippen LogP contribution in [0.25, 0.3) is 0 Å². The highest BCUT2D eigenvalue weighted by Gasteiger charge is 2.50. The van der Waals surface area contributed by atoms with Gasteiger partial charge in [-0.3, -0.25) is 0 Å². The number of methoxy groups -OCH3 is 4. The van der Waals surface area contributed by atoms with Gasteiger partial charge >= 0.3 is 0 Å². The molecule has 10 rings (SSSR count). The summed E-state index contributed by atoms with van der Waals surface area (Å²) < 4.78 is 49.0. The summed E-state index contributed by atoms with van der Waals surface area (Å²) in [6.07, 6.45) is 31.9. The molecule has 9 heterocycles. The Kier molecular flexibility index (Phi) is 36.1. The number of aromatic nitrogens is 2. The highest BCUT2D eigenvalue weighted by molar-refractivity contribution is 9.12. The quantitative estimate of drug-likeness (QED) is 0.0204. The average molecular weight is 1900 g/mol. The molecule has 9 aliphatic rings. The number of hydrogen-bond acceptors (Lipinski definition) is 28. The fourth-order valence-electron chi connectivity index (χ4n) is 13.3. The summed E-state index contributed by atoms with van der Waals surface area (Å²) in [4.78, 5) is 23.5. The van der Waals surface area contributed by atoms with Crippen LogP contribution in [0.2, 0.25) is 0 Å². The Labute approximate surface area is 706 Å². The lowest BCUT2D eigenvalue weighted by Crippen LogP contribution is -2.43. The second-order valence-electron chi connectivity index (χ2n) is 32.9. The Morgan fingerprint density at radius 1 is 0.518 bits per heavy atom. The number of alkyl halides is 1. The maximum atomic E-state index is 10.6. The molecule has 0 bridgehead atoms. The van der Waals surface area contributed by atoms with Crippen molar-refractivity contribution in [1.29, 1.82) is 0 Å². The Morgan fingerprint density at radius 2 is 0.930 bits per heavy atom. The minimum absolute atomic E-state index is 0.208. The van der Waals surface area contributed by atoms with E-state index in [1.807, 2.05) is 42.2 Å². The number of aliphatic hydroxyl groups excluding tert-OH is 7. The first-order valence-corrected chi connectivity index (χ1v) is 55.2. The third-order valence-electron chi connectivity index (χ3n) is 19.9. The van der Waals surface area contributed by atoms with Crippen LogP contribution in [-0.2, 0) is 44.9 Å². The van der Waals surface area contributed by atoms with E-state index in [4.69, 9.17) is 73.0 Å². The maximum Gasteiger partial charge on any atom is 0.199 e. The lowest BCUT2D eigenvalue weighted by molar-refractivity contribution is -0.0683. The van der Waals surface area contributed by atoms with Crippen molar-refractivity contribution >= 4 is 143 Å². The van der Waals surface area contributed by atoms with Crippen LogP contribution >= 0.6 is 94.4 Å². The fourth-order valence-corrected chi connectivity index (χ4v) is 19.5. The fraction of sp³-hybridized carbons (Fsp3) is 0.584. The molecule has 28 nitrogen and oxygen atoms in total. The van der Waals surface area contributed by atoms with Gasteiger partial charge in [0, 0.05) is 62.5 Å². The number of amidine groups is 3. The molecule has 0 spiro atoms. The van der Waals surface area contributed by atoms with Gasteiger partial charge in [-0.25, -0.2) is 20.0 Å². The van der Waals surface area contributed by atoms with Crippen LogP contribution in [-0.4, -0.2) is 349 Å². The first-order chi connectivity index (χ1) is 52.6. The first kappa shape index (κ1) is 99.0. The second-order valence-corrected chi connectivity index (χ2v) is 57.7. The van der Waals surface area contributed by atoms with Crippen molar-refractivity contribution in [3.63, 3.8) is 0 Å². The molecule has 1 aromatic heterocycles. The highest BCUT2D eigenvalue weighted by Crippen LogP contribution is 2.46. The minimum Gasteiger partial charge on any atom is -0.491 e. The van der Waals surface area contributed by atoms with Crippen LogP contribution in [0, 0.1) is 11.7 Å². The smallest absolute Gasteiger partial charge is 0.199 e. The summed E-state index contributed by atoms with van der Waals surface area (Å²) in [5.41, 5.74) is 27.0. The van der Waals surface area contributed by atoms with Crippen LogP contribution in [0.4, 0.5) is 0 Å². The molecule has 8 aliphatic heterocycles. The number of hydrogen-bond donors (Lipinski definition) is 11. The van der Waals surface area contributed by atoms with E-state index in [0.717, 1.165) is 71.4 Å². The monoisotopic (exact) mass is 1900 g/mol. The largest absolute Gasteiger partial charge is 0.491 e. The predicted molar refractivity (Wildman–Crippen MR) is 493 cm³/mol. The zero-order valence-corrected chi connectivity index (χ0v) is 79.0. The van der Waals surface area contributed by atoms with Crippen LogP contribution in [0.1, 0.15) is 49.5 Å². The van der Waals surface area contributed by atoms with Crippen molar-refractivity contribution in [2.75, 3.05) is 126 Å². The van der Waals surface area contributed by atoms with Gasteiger partial charge in [-0.1, -0.05) is 48.3 Å². The summed E-state index contributed by atoms with van der Waals surface area (Å²) in [6.45, 7) is 33.3. The van der Waals surface area contributed by atoms with Crippen molar-refractivity contribution in [3.05, 3.63) is 140 Å². The zero-order valence-electron chi connectivity index (χ0n) is 69.0. The lowest BCUT2D eigenvalue weighted by atomic mass is 10.0. The number of ether oxygens (including phenoxy) is 8. The summed E-state index contributed by atoms with van der Waals surface area (Å²) in [7, 11) is 8.06. The predicted octanol–water partition coefficient (Wildman–Crippen LogP) is 7.70. The van der Waals surface area contributed by atoms with Crippen molar-refractivity contribution in [3.8, 4) is 0 Å². The van der Waals surface area contributed by atoms with Gasteiger partial charge in [-0.15, -0.1) is 65.9 Å². The molecule has 0 saturated carbocycles. The van der Waals surface area contributed by atoms with E-state index in [2.05, 4.69) is 192 Å². The molecule has 19 atom stereocenters. The summed E-state index contributed by atoms with van der Waals surface area (Å²) in [5, 5.41) is 72.8. The van der Waals surface area contributed by atoms with Crippen molar-refractivity contribution < 1.29 is 73.6 Å². The highest BCUT2D eigenvalue weighted by atomic mass is 79.9. The first-order valence-electron chi connectivity index (χ1n) is 37.0. The van der Waals surface area contributed by atoms with E-state index in [0.29, 0.717) is 74.1 Å². The third-order valence-corrected chi connectivity index (χ3v) is 29.8. The molecule has 1 aromatic rings. The topological polar surface area (TPSA) is 387 Å². The Morgan fingerprint density at radius 3 is 1.41 bits per heavy atom. The molecule has 15 N–H and O–H groups in total. The third kappa shape index (κ3) is 27.1. The van der Waals surface area contributed by atoms with Gasteiger partial charge in [0.15, 0.2) is 46.6 Å². The normalized spacial score (nSPS) is 30.7. The molecule has 3 unspecified atom stereocenters. The molecular formula is C77H127Br3N13O15P5S. The molecule has 4 fully saturated rings. The summed E-state index contributed by atoms with van der Waals surface area (Å²) in [5.74, 6) is 3.11. The molecule has 642 valence electrons. The van der Waals surface area contributed by atoms with Crippen LogP contribution in [0.5, 0.6) is 0 Å². The van der Waals surface area contributed by atoms with Gasteiger partial charge in [-0.2, -0.15) is 0 Å². The van der Waals surface area contributed by atoms with E-state index < -0.39 is 120 Å². The zero-order chi connectivity index (χ0) is 86.1. The molecule has 1 aliphatic carbocycles. The van der Waals surface area contributed by atoms with E-state index in [1.54, 1.807) is 60.4 Å². The molecular weight excluding hydrogens is 1770 g/mol. The number of aryl methyl sites for hydroxylation is 2. The summed E-state index contributed by atoms with van der Waals surface area (Å²) in [6, 6.07) is -0.208. The van der Waals surface area contributed by atoms with Crippen LogP contribution in [0.3, 0.4) is 0 Å². The maximum absolute atomic E-state index is 10.6. The number of aliphatic imine (C=N–C) groups is 3. The SMILES string of the molecule is C=C1C=C(N)C(Br)=CN1[C@@H]1O[C@H](CCP(=C)(C)C)[C@@H](O)[C@H]1OC.C=C1N=C(N)C(Br)=CN1[C@@H]1O[C@H](CCP(=C)(C)C)[C@@H](O)C1O.C=C1N=C(N)C(OC)=CN1[C@@H]1C=C(CCP(=C)(C)C)[C@@H](O)[C@H]1OC.C=C1N=C(N)C(OC)=CN1[C@@H]1O[C@H](CCP(=C)(C)C)[C@@H](O)C1Br.C=P(C)(C)CC[C@H]1O[C@@H](c2cn(C)c(=S)nc2C)C(O)[C@@H]1O. The standard InChI is InChI=1S/C17H28N3O3P.C16H26BrN2O3P.C15H25BrN3O3P.C15H25N2O3PS.C14H23BrN3O3P/c1-11-19-17(18)14(22-2)10-20(11)13-9-12(7-8-24(4,5)6)15(21)16(13)23-3;1-10-8-12(18)11(17)9-19(10)16-15(21-2)14(20)13(22-16)6-7-23(3,4)5;1-9-18-14(17)11(21-2)8-19(9)15-12(16)13(20)10(22-15)6-7-23(3,4)5;1-9-10(8-17(2)15(22)16-9)14-13(19)12(18)11(20-14)6-7-21(3,4)5;1-8-17-13(16)9(15)7-18(8)14-12(20)11(19)10(21-14)5-6-22(2,3)4/h9-10,13,15-16,21H,1,4,7-8H2,2-3,5-6H3,(H2,18,19);8-9,13-16,20H,1,3,6-7,18H2,2,4-5H3;8,10,12-13,15,20H,1,3,6-7H2,2,4-5H3,(H2,17,18);8,11-14,18-19H,3,6-7H2,1-2,4-5H3;7,10-12,14,19-20H,1-2,5-6H2,3-4H3,(H2,16,17)/t13-,15-,16+;13-,14-,15-,16-;10-,12?,13-,15-;11-,12-,13?,14+;10-,11-,12?,14-/m11111/s1. The molecule has 0 aromatic carbocycles. The van der Waals surface area contributed by atoms with Gasteiger partial charge in [0.25, 0.3) is 0 Å². The molecule has 114 heavy (non-hydrogen) atoms. The second kappa shape index (κ2) is 41.6. The van der Waals surface area contributed by atoms with Crippen molar-refractivity contribution in [1.82, 2.24) is 29.2 Å². The average Bonchev–Trinajstić information content (AvgIpc) is 1.65. The van der Waals surface area contributed by atoms with E-state index in [9.17, 15) is 35.7 Å². The lowest BCUT2D eigenvalue weighted by Gasteiger charge is -2.33. The van der Waals surface area contributed by atoms with E-state index in [1.165, 1.54) is 7.11 Å². The Bertz CT molecular complexity index is 4280. The number of nitrogens with zero attached hydrogens (tertiary/aromatic N) is 9. The number of aliphatic hydroxyl groups is 7. The van der Waals surface area contributed by atoms with Gasteiger partial charge < -0.3 is 121 Å². The van der Waals surface area contributed by atoms with Gasteiger partial charge in [0.05, 0.1) is 77.0 Å². The van der Waals surface area contributed by atoms with Gasteiger partial charge in [0.2, 0.25) is 0 Å². The van der Waals surface area contributed by atoms with Gasteiger partial charge in [0.1, 0.15) is 78.2 Å². The van der Waals surface area contributed by atoms with Gasteiger partial charge in [-0.05, 0) is 192 Å². The number of halogens is 3. The summed E-state index contributed by atoms with van der Waals surface area (Å²) >= 11 is 15.4.